The van der Waals surface area contributed by atoms with Crippen molar-refractivity contribution in [2.24, 2.45) is 5.92 Å². The van der Waals surface area contributed by atoms with Crippen molar-refractivity contribution in [1.82, 2.24) is 14.7 Å². The van der Waals surface area contributed by atoms with Gasteiger partial charge in [-0.2, -0.15) is 0 Å². The molecule has 1 atom stereocenters. The van der Waals surface area contributed by atoms with Crippen LogP contribution in [0, 0.1) is 5.92 Å². The van der Waals surface area contributed by atoms with Crippen molar-refractivity contribution in [3.8, 4) is 17.0 Å². The lowest BCUT2D eigenvalue weighted by molar-refractivity contribution is 0.0981. The van der Waals surface area contributed by atoms with Crippen LogP contribution in [0.25, 0.3) is 11.3 Å². The second-order valence-electron chi connectivity index (χ2n) is 9.99. The number of pyridine rings is 2. The first-order chi connectivity index (χ1) is 17.1. The van der Waals surface area contributed by atoms with Gasteiger partial charge in [-0.3, -0.25) is 9.59 Å². The maximum absolute atomic E-state index is 13.4. The molecule has 0 bridgehead atoms. The van der Waals surface area contributed by atoms with E-state index in [1.165, 1.54) is 12.3 Å². The van der Waals surface area contributed by atoms with Gasteiger partial charge in [0.2, 0.25) is 0 Å². The number of fused-ring (bicyclic) bond motifs is 1. The minimum atomic E-state index is -4.40. The summed E-state index contributed by atoms with van der Waals surface area (Å²) in [6.07, 6.45) is 3.04. The summed E-state index contributed by atoms with van der Waals surface area (Å²) in [6, 6.07) is 11.7. The number of hydrogen-bond donors (Lipinski definition) is 2. The third-order valence-corrected chi connectivity index (χ3v) is 8.09. The molecule has 36 heavy (non-hydrogen) atoms. The fourth-order valence-electron chi connectivity index (χ4n) is 5.21. The number of amides is 1. The number of nitrogens with one attached hydrogen (secondary N) is 2. The van der Waals surface area contributed by atoms with Crippen LogP contribution in [-0.2, 0) is 16.4 Å². The molecule has 0 aliphatic carbocycles. The Bertz CT molecular complexity index is 1510. The van der Waals surface area contributed by atoms with Crippen molar-refractivity contribution in [1.29, 1.82) is 0 Å². The van der Waals surface area contributed by atoms with Crippen molar-refractivity contribution in [2.45, 2.75) is 44.0 Å². The summed E-state index contributed by atoms with van der Waals surface area (Å²) >= 11 is 0. The van der Waals surface area contributed by atoms with E-state index in [1.807, 2.05) is 18.2 Å². The number of hydrogen-bond acceptors (Lipinski definition) is 7. The third-order valence-electron chi connectivity index (χ3n) is 6.74. The van der Waals surface area contributed by atoms with Crippen LogP contribution in [0.5, 0.6) is 5.75 Å². The molecule has 3 aromatic rings. The number of rotatable bonds is 5. The number of ether oxygens (including phenoxy) is 1. The molecule has 1 saturated heterocycles. The van der Waals surface area contributed by atoms with Gasteiger partial charge in [0.25, 0.3) is 21.5 Å². The normalized spacial score (nSPS) is 18.5. The largest absolute Gasteiger partial charge is 0.492 e. The zero-order valence-electron chi connectivity index (χ0n) is 20.4. The number of aromatic amines is 1. The highest BCUT2D eigenvalue weighted by atomic mass is 32.2. The van der Waals surface area contributed by atoms with Gasteiger partial charge in [0.05, 0.1) is 17.9 Å². The molecule has 9 nitrogen and oxygen atoms in total. The molecule has 0 spiro atoms. The summed E-state index contributed by atoms with van der Waals surface area (Å²) in [5.74, 6) is 0.690. The Hall–Kier alpha value is -3.66. The van der Waals surface area contributed by atoms with Crippen LogP contribution < -0.4 is 19.9 Å². The van der Waals surface area contributed by atoms with Crippen molar-refractivity contribution in [3.05, 3.63) is 70.1 Å². The molecule has 5 rings (SSSR count). The quantitative estimate of drug-likeness (QED) is 0.543. The fraction of sp³-hybridized carbons (Fsp3) is 0.346. The van der Waals surface area contributed by atoms with Gasteiger partial charge in [-0.25, -0.2) is 18.1 Å². The topological polar surface area (TPSA) is 121 Å². The molecular formula is C26H28N4O5S. The number of aromatic nitrogens is 2. The van der Waals surface area contributed by atoms with Gasteiger partial charge >= 0.3 is 0 Å². The molecule has 2 aliphatic rings. The monoisotopic (exact) mass is 508 g/mol. The minimum absolute atomic E-state index is 0.116. The smallest absolute Gasteiger partial charge is 0.269 e. The SMILES string of the molecule is C[C@H]1CN(c2nc(-c3cccc4c3OCC4)ccc2C(=O)NS(=O)(=O)c2ccc[nH]c2=O)C(C)(C)C1. The van der Waals surface area contributed by atoms with E-state index in [-0.39, 0.29) is 11.1 Å². The number of sulfonamides is 1. The van der Waals surface area contributed by atoms with Crippen molar-refractivity contribution in [3.63, 3.8) is 0 Å². The fourth-order valence-corrected chi connectivity index (χ4v) is 6.23. The molecule has 1 fully saturated rings. The molecule has 2 aromatic heterocycles. The summed E-state index contributed by atoms with van der Waals surface area (Å²) in [7, 11) is -4.40. The Kier molecular flexibility index (Phi) is 5.86. The van der Waals surface area contributed by atoms with Crippen LogP contribution in [0.1, 0.15) is 43.1 Å². The van der Waals surface area contributed by atoms with Crippen molar-refractivity contribution >= 4 is 21.7 Å². The van der Waals surface area contributed by atoms with E-state index in [1.54, 1.807) is 12.1 Å². The number of benzene rings is 1. The van der Waals surface area contributed by atoms with E-state index in [0.29, 0.717) is 30.6 Å². The van der Waals surface area contributed by atoms with E-state index < -0.39 is 26.4 Å². The third kappa shape index (κ3) is 4.26. The molecule has 2 N–H and O–H groups in total. The van der Waals surface area contributed by atoms with Crippen molar-refractivity contribution in [2.75, 3.05) is 18.1 Å². The van der Waals surface area contributed by atoms with Crippen LogP contribution >= 0.6 is 0 Å². The van der Waals surface area contributed by atoms with Gasteiger partial charge in [-0.1, -0.05) is 19.1 Å². The summed E-state index contributed by atoms with van der Waals surface area (Å²) in [5.41, 5.74) is 1.57. The second-order valence-corrected chi connectivity index (χ2v) is 11.6. The second kappa shape index (κ2) is 8.77. The molecule has 188 valence electrons. The Morgan fingerprint density at radius 2 is 2.00 bits per heavy atom. The van der Waals surface area contributed by atoms with Gasteiger partial charge in [-0.05, 0) is 62.1 Å². The highest BCUT2D eigenvalue weighted by Gasteiger charge is 2.39. The number of carbonyl (C=O) groups is 1. The van der Waals surface area contributed by atoms with Gasteiger partial charge in [0.1, 0.15) is 11.6 Å². The molecule has 1 amide bonds. The molecule has 2 aliphatic heterocycles. The number of para-hydroxylation sites is 1. The first-order valence-electron chi connectivity index (χ1n) is 11.9. The highest BCUT2D eigenvalue weighted by Crippen LogP contribution is 2.40. The predicted octanol–water partition coefficient (Wildman–Crippen LogP) is 3.12. The average molecular weight is 509 g/mol. The van der Waals surface area contributed by atoms with Gasteiger partial charge in [0.15, 0.2) is 4.90 Å². The van der Waals surface area contributed by atoms with Gasteiger partial charge < -0.3 is 14.6 Å². The predicted molar refractivity (Wildman–Crippen MR) is 136 cm³/mol. The molecule has 0 radical (unpaired) electrons. The van der Waals surface area contributed by atoms with E-state index in [2.05, 4.69) is 35.4 Å². The minimum Gasteiger partial charge on any atom is -0.492 e. The van der Waals surface area contributed by atoms with Gasteiger partial charge in [0, 0.05) is 30.3 Å². The standard InChI is InChI=1S/C26H28N4O5S/c1-16-14-26(2,3)30(15-16)23-19(24(31)29-36(33,34)21-8-5-12-27-25(21)32)9-10-20(28-23)18-7-4-6-17-11-13-35-22(17)18/h4-10,12,16H,11,13-15H2,1-3H3,(H,27,32)(H,29,31)/t16-/m1/s1. The maximum Gasteiger partial charge on any atom is 0.269 e. The summed E-state index contributed by atoms with van der Waals surface area (Å²) in [4.78, 5) is 34.2. The molecule has 10 heteroatoms. The first kappa shape index (κ1) is 24.1. The number of anilines is 1. The highest BCUT2D eigenvalue weighted by molar-refractivity contribution is 7.90. The van der Waals surface area contributed by atoms with Gasteiger partial charge in [-0.15, -0.1) is 0 Å². The molecule has 1 aromatic carbocycles. The van der Waals surface area contributed by atoms with Crippen LogP contribution in [-0.4, -0.2) is 43.0 Å². The van der Waals surface area contributed by atoms with E-state index in [4.69, 9.17) is 9.72 Å². The zero-order chi connectivity index (χ0) is 25.7. The molecular weight excluding hydrogens is 480 g/mol. The Morgan fingerprint density at radius 1 is 1.19 bits per heavy atom. The van der Waals surface area contributed by atoms with E-state index in [0.717, 1.165) is 35.8 Å². The number of H-pyrrole nitrogens is 1. The lowest BCUT2D eigenvalue weighted by Crippen LogP contribution is -2.41. The maximum atomic E-state index is 13.4. The number of nitrogens with zero attached hydrogens (tertiary/aromatic N) is 2. The Morgan fingerprint density at radius 3 is 2.72 bits per heavy atom. The zero-order valence-corrected chi connectivity index (χ0v) is 21.2. The van der Waals surface area contributed by atoms with Crippen molar-refractivity contribution < 1.29 is 17.9 Å². The van der Waals surface area contributed by atoms with Crippen LogP contribution in [0.15, 0.2) is 58.4 Å². The van der Waals surface area contributed by atoms with Crippen LogP contribution in [0.4, 0.5) is 5.82 Å². The average Bonchev–Trinajstić information content (AvgIpc) is 3.41. The summed E-state index contributed by atoms with van der Waals surface area (Å²) < 4.78 is 33.6. The Labute approximate surface area is 209 Å². The van der Waals surface area contributed by atoms with Crippen LogP contribution in [0.2, 0.25) is 0 Å². The molecule has 0 unspecified atom stereocenters. The Balaban J connectivity index is 1.60. The number of carbonyl (C=O) groups excluding carboxylic acids is 1. The summed E-state index contributed by atoms with van der Waals surface area (Å²) in [5, 5.41) is 0. The summed E-state index contributed by atoms with van der Waals surface area (Å²) in [6.45, 7) is 7.56. The van der Waals surface area contributed by atoms with Crippen LogP contribution in [0.3, 0.4) is 0 Å². The molecule has 0 saturated carbocycles. The van der Waals surface area contributed by atoms with E-state index in [9.17, 15) is 18.0 Å². The first-order valence-corrected chi connectivity index (χ1v) is 13.3. The lowest BCUT2D eigenvalue weighted by Gasteiger charge is -2.34. The van der Waals surface area contributed by atoms with E-state index >= 15 is 0 Å². The molecule has 4 heterocycles. The lowest BCUT2D eigenvalue weighted by atomic mass is 9.97.